The Bertz CT molecular complexity index is 1580. The molecule has 0 saturated carbocycles. The first-order chi connectivity index (χ1) is 20.9. The van der Waals surface area contributed by atoms with Gasteiger partial charge < -0.3 is 18.5 Å². The molecule has 0 aliphatic carbocycles. The maximum atomic E-state index is 11.5. The Hall–Kier alpha value is -3.23. The van der Waals surface area contributed by atoms with Gasteiger partial charge in [-0.05, 0) is 68.0 Å². The van der Waals surface area contributed by atoms with Gasteiger partial charge in [-0.2, -0.15) is 8.42 Å². The van der Waals surface area contributed by atoms with Gasteiger partial charge in [0.2, 0.25) is 6.49 Å². The van der Waals surface area contributed by atoms with Gasteiger partial charge in [0.1, 0.15) is 11.5 Å². The summed E-state index contributed by atoms with van der Waals surface area (Å²) in [5.74, 6) is 0.626. The summed E-state index contributed by atoms with van der Waals surface area (Å²) in [5.41, 5.74) is 0.955. The number of benzene rings is 3. The molecule has 0 aromatic heterocycles. The summed E-state index contributed by atoms with van der Waals surface area (Å²) < 4.78 is 54.1. The van der Waals surface area contributed by atoms with E-state index in [0.29, 0.717) is 18.8 Å². The van der Waals surface area contributed by atoms with E-state index in [1.807, 2.05) is 20.8 Å². The number of non-ortho nitro benzene ring substituents is 2. The van der Waals surface area contributed by atoms with Gasteiger partial charge in [0.25, 0.3) is 21.5 Å². The molecular formula is C27H36N2O12P2S2. The predicted molar refractivity (Wildman–Crippen MR) is 174 cm³/mol. The Morgan fingerprint density at radius 3 is 1.58 bits per heavy atom. The maximum Gasteiger partial charge on any atom is 0.373 e. The van der Waals surface area contributed by atoms with Crippen LogP contribution < -0.4 is 9.05 Å². The zero-order valence-electron chi connectivity index (χ0n) is 25.3. The maximum absolute atomic E-state index is 11.5. The molecule has 0 aliphatic rings. The van der Waals surface area contributed by atoms with E-state index in [4.69, 9.17) is 29.9 Å². The van der Waals surface area contributed by atoms with Crippen LogP contribution in [-0.4, -0.2) is 49.7 Å². The van der Waals surface area contributed by atoms with E-state index in [1.165, 1.54) is 48.5 Å². The van der Waals surface area contributed by atoms with E-state index in [-0.39, 0.29) is 28.6 Å². The lowest BCUT2D eigenvalue weighted by Gasteiger charge is -2.18. The molecule has 0 heterocycles. The first-order valence-corrected chi connectivity index (χ1v) is 19.8. The van der Waals surface area contributed by atoms with Crippen LogP contribution in [0.25, 0.3) is 0 Å². The highest BCUT2D eigenvalue weighted by Gasteiger charge is 2.15. The van der Waals surface area contributed by atoms with Crippen molar-refractivity contribution in [3.63, 3.8) is 0 Å². The molecule has 0 amide bonds. The standard InChI is InChI=1S/C10H14NO4PS.C10H14O3S.C7H8NO5P/c1-3-8-14-16(2,17)15-10-6-4-9(5-7-10)11(12)13;1-3-8-13-14(11,12)10-6-4-9(2)5-7-10;1-14(11,12)13-7-4-2-6(3-5-7)8(9)10/h4-7H,3,8H2,1-2H3;4-7H,3,8H2,1-2H3;2-5H,1H3,(H,11,12). The molecule has 0 spiro atoms. The summed E-state index contributed by atoms with van der Waals surface area (Å²) >= 11 is 5.21. The fraction of sp³-hybridized carbons (Fsp3) is 0.333. The van der Waals surface area contributed by atoms with Crippen LogP contribution in [0.4, 0.5) is 11.4 Å². The van der Waals surface area contributed by atoms with Crippen LogP contribution in [-0.2, 0) is 35.2 Å². The topological polar surface area (TPSA) is 195 Å². The van der Waals surface area contributed by atoms with Crippen molar-refractivity contribution in [1.29, 1.82) is 0 Å². The van der Waals surface area contributed by atoms with Crippen LogP contribution in [0.1, 0.15) is 32.3 Å². The lowest BCUT2D eigenvalue weighted by atomic mass is 10.2. The molecular weight excluding hydrogens is 670 g/mol. The van der Waals surface area contributed by atoms with Gasteiger partial charge >= 0.3 is 7.60 Å². The molecule has 0 aliphatic heterocycles. The minimum Gasteiger partial charge on any atom is -0.444 e. The summed E-state index contributed by atoms with van der Waals surface area (Å²) in [7, 11) is -7.14. The lowest BCUT2D eigenvalue weighted by Crippen LogP contribution is -2.06. The average Bonchev–Trinajstić information content (AvgIpc) is 2.95. The van der Waals surface area contributed by atoms with E-state index in [9.17, 15) is 33.2 Å². The molecule has 0 fully saturated rings. The molecule has 3 aromatic rings. The van der Waals surface area contributed by atoms with Gasteiger partial charge in [0.15, 0.2) is 0 Å². The van der Waals surface area contributed by atoms with Gasteiger partial charge in [0.05, 0.1) is 28.0 Å². The van der Waals surface area contributed by atoms with Crippen molar-refractivity contribution < 1.29 is 45.5 Å². The zero-order valence-corrected chi connectivity index (χ0v) is 28.7. The lowest BCUT2D eigenvalue weighted by molar-refractivity contribution is -0.385. The summed E-state index contributed by atoms with van der Waals surface area (Å²) in [6.45, 7) is 7.01. The second-order valence-electron chi connectivity index (χ2n) is 9.18. The number of nitro benzene ring substituents is 2. The van der Waals surface area contributed by atoms with Crippen LogP contribution in [0.2, 0.25) is 0 Å². The molecule has 18 heteroatoms. The third-order valence-electron chi connectivity index (χ3n) is 4.92. The van der Waals surface area contributed by atoms with Gasteiger partial charge in [0, 0.05) is 37.6 Å². The highest BCUT2D eigenvalue weighted by Crippen LogP contribution is 2.45. The molecule has 0 saturated heterocycles. The summed E-state index contributed by atoms with van der Waals surface area (Å²) in [6.07, 6.45) is 1.56. The van der Waals surface area contributed by atoms with Crippen LogP contribution in [0.5, 0.6) is 11.5 Å². The fourth-order valence-electron chi connectivity index (χ4n) is 2.89. The van der Waals surface area contributed by atoms with E-state index < -0.39 is 34.1 Å². The van der Waals surface area contributed by atoms with Gasteiger partial charge in [-0.1, -0.05) is 31.5 Å². The number of nitro groups is 2. The molecule has 2 unspecified atom stereocenters. The third kappa shape index (κ3) is 16.6. The molecule has 1 N–H and O–H groups in total. The van der Waals surface area contributed by atoms with Crippen LogP contribution in [0, 0.1) is 27.2 Å². The minimum absolute atomic E-state index is 0.0243. The van der Waals surface area contributed by atoms with Crippen molar-refractivity contribution in [3.8, 4) is 11.5 Å². The second kappa shape index (κ2) is 18.7. The minimum atomic E-state index is -3.60. The first kappa shape index (κ1) is 39.8. The largest absolute Gasteiger partial charge is 0.444 e. The molecule has 2 atom stereocenters. The highest BCUT2D eigenvalue weighted by molar-refractivity contribution is 8.09. The van der Waals surface area contributed by atoms with E-state index >= 15 is 0 Å². The van der Waals surface area contributed by atoms with E-state index in [1.54, 1.807) is 30.9 Å². The number of aryl methyl sites for hydroxylation is 1. The quantitative estimate of drug-likeness (QED) is 0.0809. The fourth-order valence-corrected chi connectivity index (χ4v) is 5.95. The van der Waals surface area contributed by atoms with Gasteiger partial charge in [-0.15, -0.1) is 0 Å². The number of nitrogens with zero attached hydrogens (tertiary/aromatic N) is 2. The van der Waals surface area contributed by atoms with Gasteiger partial charge in [-0.25, -0.2) is 4.57 Å². The Balaban J connectivity index is 0.000000340. The van der Waals surface area contributed by atoms with E-state index in [2.05, 4.69) is 4.52 Å². The Morgan fingerprint density at radius 2 is 1.20 bits per heavy atom. The zero-order chi connectivity index (χ0) is 34.3. The van der Waals surface area contributed by atoms with Crippen molar-refractivity contribution >= 4 is 47.4 Å². The Kier molecular flexibility index (Phi) is 16.5. The monoisotopic (exact) mass is 706 g/mol. The summed E-state index contributed by atoms with van der Waals surface area (Å²) in [5, 5.41) is 20.7. The molecule has 0 radical (unpaired) electrons. The molecule has 14 nitrogen and oxygen atoms in total. The van der Waals surface area contributed by atoms with Gasteiger partial charge in [-0.3, -0.25) is 24.4 Å². The normalized spacial score (nSPS) is 13.4. The Labute approximate surface area is 267 Å². The summed E-state index contributed by atoms with van der Waals surface area (Å²) in [6, 6.07) is 17.4. The van der Waals surface area contributed by atoms with Crippen molar-refractivity contribution in [2.24, 2.45) is 0 Å². The highest BCUT2D eigenvalue weighted by atomic mass is 32.5. The Morgan fingerprint density at radius 1 is 0.778 bits per heavy atom. The number of hydrogen-bond acceptors (Lipinski definition) is 12. The molecule has 3 rings (SSSR count). The van der Waals surface area contributed by atoms with E-state index in [0.717, 1.165) is 18.6 Å². The summed E-state index contributed by atoms with van der Waals surface area (Å²) in [4.78, 5) is 28.8. The third-order valence-corrected chi connectivity index (χ3v) is 8.53. The molecule has 3 aromatic carbocycles. The number of hydrogen-bond donors (Lipinski definition) is 1. The van der Waals surface area contributed by atoms with Crippen LogP contribution in [0.15, 0.2) is 77.7 Å². The second-order valence-corrected chi connectivity index (χ2v) is 16.6. The van der Waals surface area contributed by atoms with Crippen LogP contribution >= 0.6 is 14.1 Å². The van der Waals surface area contributed by atoms with Crippen LogP contribution in [0.3, 0.4) is 0 Å². The molecule has 45 heavy (non-hydrogen) atoms. The predicted octanol–water partition coefficient (Wildman–Crippen LogP) is 7.24. The van der Waals surface area contributed by atoms with Crippen molar-refractivity contribution in [1.82, 2.24) is 0 Å². The average molecular weight is 707 g/mol. The SMILES string of the molecule is CCCOP(C)(=S)Oc1ccc([N+](=O)[O-])cc1.CCCOS(=O)(=O)c1ccc(C)cc1.CP(=O)(O)Oc1ccc([N+](=O)[O-])cc1. The first-order valence-electron chi connectivity index (χ1n) is 13.3. The van der Waals surface area contributed by atoms with Crippen molar-refractivity contribution in [2.45, 2.75) is 38.5 Å². The number of rotatable bonds is 13. The van der Waals surface area contributed by atoms with Crippen molar-refractivity contribution in [3.05, 3.63) is 98.6 Å². The smallest absolute Gasteiger partial charge is 0.373 e. The van der Waals surface area contributed by atoms with Crippen molar-refractivity contribution in [2.75, 3.05) is 26.5 Å². The molecule has 248 valence electrons. The molecule has 0 bridgehead atoms.